The van der Waals surface area contributed by atoms with Gasteiger partial charge in [0.15, 0.2) is 0 Å². The summed E-state index contributed by atoms with van der Waals surface area (Å²) in [4.78, 5) is 35.6. The summed E-state index contributed by atoms with van der Waals surface area (Å²) >= 11 is 0. The van der Waals surface area contributed by atoms with Gasteiger partial charge in [-0.2, -0.15) is 0 Å². The standard InChI is InChI=1S/C11H14N2O3/c12-9(14)5-6-13-10(15)7-3-1-2-4-8(7)11(13)16/h1-2,7-8H,3-6H2,(H2,12,14)/t7-,8-/m1/s1. The van der Waals surface area contributed by atoms with E-state index >= 15 is 0 Å². The lowest BCUT2D eigenvalue weighted by Crippen LogP contribution is -2.34. The molecule has 86 valence electrons. The third-order valence-corrected chi connectivity index (χ3v) is 3.18. The maximum Gasteiger partial charge on any atom is 0.233 e. The van der Waals surface area contributed by atoms with Crippen molar-refractivity contribution in [3.8, 4) is 0 Å². The average Bonchev–Trinajstić information content (AvgIpc) is 2.50. The van der Waals surface area contributed by atoms with Gasteiger partial charge in [0.05, 0.1) is 11.8 Å². The molecule has 1 fully saturated rings. The van der Waals surface area contributed by atoms with Gasteiger partial charge in [-0.3, -0.25) is 19.3 Å². The van der Waals surface area contributed by atoms with Crippen molar-refractivity contribution in [2.75, 3.05) is 6.54 Å². The third kappa shape index (κ3) is 1.73. The molecule has 0 bridgehead atoms. The van der Waals surface area contributed by atoms with E-state index in [1.54, 1.807) is 0 Å². The second-order valence-corrected chi connectivity index (χ2v) is 4.20. The lowest BCUT2D eigenvalue weighted by Gasteiger charge is -2.14. The summed E-state index contributed by atoms with van der Waals surface area (Å²) < 4.78 is 0. The molecule has 1 aliphatic heterocycles. The Kier molecular flexibility index (Phi) is 2.77. The zero-order valence-electron chi connectivity index (χ0n) is 8.89. The minimum atomic E-state index is -0.492. The molecule has 0 aromatic rings. The molecule has 1 heterocycles. The Hall–Kier alpha value is -1.65. The fourth-order valence-electron chi connectivity index (χ4n) is 2.31. The van der Waals surface area contributed by atoms with Gasteiger partial charge in [0.1, 0.15) is 0 Å². The van der Waals surface area contributed by atoms with Gasteiger partial charge in [-0.25, -0.2) is 0 Å². The number of likely N-dealkylation sites (tertiary alicyclic amines) is 1. The maximum atomic E-state index is 11.9. The predicted molar refractivity (Wildman–Crippen MR) is 55.9 cm³/mol. The van der Waals surface area contributed by atoms with Crippen LogP contribution >= 0.6 is 0 Å². The lowest BCUT2D eigenvalue weighted by molar-refractivity contribution is -0.140. The zero-order valence-corrected chi connectivity index (χ0v) is 8.89. The van der Waals surface area contributed by atoms with Crippen molar-refractivity contribution in [1.82, 2.24) is 4.90 Å². The summed E-state index contributed by atoms with van der Waals surface area (Å²) in [5.74, 6) is -1.23. The molecular formula is C11H14N2O3. The Labute approximate surface area is 93.3 Å². The summed E-state index contributed by atoms with van der Waals surface area (Å²) in [5.41, 5.74) is 5.01. The SMILES string of the molecule is NC(=O)CCN1C(=O)[C@@H]2CC=CC[C@H]2C1=O. The Morgan fingerprint density at radius 3 is 2.19 bits per heavy atom. The van der Waals surface area contributed by atoms with E-state index in [1.165, 1.54) is 4.90 Å². The molecule has 2 aliphatic rings. The van der Waals surface area contributed by atoms with E-state index in [0.717, 1.165) is 0 Å². The van der Waals surface area contributed by atoms with Gasteiger partial charge in [-0.1, -0.05) is 12.2 Å². The van der Waals surface area contributed by atoms with Crippen molar-refractivity contribution in [1.29, 1.82) is 0 Å². The van der Waals surface area contributed by atoms with E-state index < -0.39 is 5.91 Å². The van der Waals surface area contributed by atoms with Crippen molar-refractivity contribution in [2.24, 2.45) is 17.6 Å². The first-order chi connectivity index (χ1) is 7.61. The first kappa shape index (κ1) is 10.9. The highest BCUT2D eigenvalue weighted by atomic mass is 16.2. The molecule has 0 unspecified atom stereocenters. The molecule has 3 amide bonds. The molecule has 1 saturated heterocycles. The highest BCUT2D eigenvalue weighted by molar-refractivity contribution is 6.05. The number of imide groups is 1. The zero-order chi connectivity index (χ0) is 11.7. The number of nitrogens with zero attached hydrogens (tertiary/aromatic N) is 1. The minimum Gasteiger partial charge on any atom is -0.370 e. The number of fused-ring (bicyclic) bond motifs is 1. The molecule has 0 radical (unpaired) electrons. The van der Waals surface area contributed by atoms with Crippen molar-refractivity contribution in [3.05, 3.63) is 12.2 Å². The van der Waals surface area contributed by atoms with Crippen LogP contribution < -0.4 is 5.73 Å². The van der Waals surface area contributed by atoms with E-state index in [-0.39, 0.29) is 36.6 Å². The molecule has 5 heteroatoms. The molecule has 16 heavy (non-hydrogen) atoms. The highest BCUT2D eigenvalue weighted by Gasteiger charge is 2.46. The third-order valence-electron chi connectivity index (χ3n) is 3.18. The molecule has 5 nitrogen and oxygen atoms in total. The number of carbonyl (C=O) groups excluding carboxylic acids is 3. The number of hydrogen-bond donors (Lipinski definition) is 1. The summed E-state index contributed by atoms with van der Waals surface area (Å²) in [7, 11) is 0. The Bertz CT molecular complexity index is 349. The monoisotopic (exact) mass is 222 g/mol. The number of nitrogens with two attached hydrogens (primary N) is 1. The molecule has 2 rings (SSSR count). The Morgan fingerprint density at radius 1 is 1.25 bits per heavy atom. The van der Waals surface area contributed by atoms with Crippen LogP contribution in [-0.4, -0.2) is 29.2 Å². The van der Waals surface area contributed by atoms with Crippen LogP contribution in [0.5, 0.6) is 0 Å². The first-order valence-electron chi connectivity index (χ1n) is 5.40. The van der Waals surface area contributed by atoms with Gasteiger partial charge in [-0.05, 0) is 12.8 Å². The van der Waals surface area contributed by atoms with Gasteiger partial charge in [0.2, 0.25) is 17.7 Å². The van der Waals surface area contributed by atoms with Crippen LogP contribution in [-0.2, 0) is 14.4 Å². The average molecular weight is 222 g/mol. The molecule has 0 aromatic carbocycles. The topological polar surface area (TPSA) is 80.5 Å². The summed E-state index contributed by atoms with van der Waals surface area (Å²) in [5, 5.41) is 0. The molecule has 1 aliphatic carbocycles. The van der Waals surface area contributed by atoms with Gasteiger partial charge < -0.3 is 5.73 Å². The van der Waals surface area contributed by atoms with Crippen LogP contribution in [0.3, 0.4) is 0 Å². The smallest absolute Gasteiger partial charge is 0.233 e. The second-order valence-electron chi connectivity index (χ2n) is 4.20. The fourth-order valence-corrected chi connectivity index (χ4v) is 2.31. The van der Waals surface area contributed by atoms with Crippen LogP contribution in [0.25, 0.3) is 0 Å². The van der Waals surface area contributed by atoms with Gasteiger partial charge >= 0.3 is 0 Å². The molecule has 0 spiro atoms. The van der Waals surface area contributed by atoms with Crippen LogP contribution in [0.4, 0.5) is 0 Å². The number of hydrogen-bond acceptors (Lipinski definition) is 3. The quantitative estimate of drug-likeness (QED) is 0.531. The summed E-state index contributed by atoms with van der Waals surface area (Å²) in [6.45, 7) is 0.125. The number of primary amides is 1. The van der Waals surface area contributed by atoms with Crippen LogP contribution in [0, 0.1) is 11.8 Å². The van der Waals surface area contributed by atoms with Crippen molar-refractivity contribution in [3.63, 3.8) is 0 Å². The Balaban J connectivity index is 2.08. The van der Waals surface area contributed by atoms with Crippen LogP contribution in [0.1, 0.15) is 19.3 Å². The molecule has 0 saturated carbocycles. The molecule has 0 aromatic heterocycles. The first-order valence-corrected chi connectivity index (χ1v) is 5.40. The van der Waals surface area contributed by atoms with E-state index in [1.807, 2.05) is 12.2 Å². The molecule has 2 N–H and O–H groups in total. The van der Waals surface area contributed by atoms with Gasteiger partial charge in [0.25, 0.3) is 0 Å². The van der Waals surface area contributed by atoms with E-state index in [0.29, 0.717) is 12.8 Å². The minimum absolute atomic E-state index is 0.0460. The maximum absolute atomic E-state index is 11.9. The molecular weight excluding hydrogens is 208 g/mol. The van der Waals surface area contributed by atoms with Gasteiger partial charge in [0, 0.05) is 13.0 Å². The number of rotatable bonds is 3. The van der Waals surface area contributed by atoms with Crippen molar-refractivity contribution < 1.29 is 14.4 Å². The lowest BCUT2D eigenvalue weighted by atomic mass is 9.85. The fraction of sp³-hybridized carbons (Fsp3) is 0.545. The predicted octanol–water partition coefficient (Wildman–Crippen LogP) is -0.187. The van der Waals surface area contributed by atoms with E-state index in [2.05, 4.69) is 0 Å². The van der Waals surface area contributed by atoms with E-state index in [4.69, 9.17) is 5.73 Å². The number of allylic oxidation sites excluding steroid dienone is 2. The van der Waals surface area contributed by atoms with Crippen molar-refractivity contribution in [2.45, 2.75) is 19.3 Å². The second kappa shape index (κ2) is 4.08. The van der Waals surface area contributed by atoms with Crippen LogP contribution in [0.2, 0.25) is 0 Å². The summed E-state index contributed by atoms with van der Waals surface area (Å²) in [6.07, 6.45) is 5.17. The summed E-state index contributed by atoms with van der Waals surface area (Å²) in [6, 6.07) is 0. The molecule has 2 atom stereocenters. The highest BCUT2D eigenvalue weighted by Crippen LogP contribution is 2.34. The number of carbonyl (C=O) groups is 3. The van der Waals surface area contributed by atoms with Crippen LogP contribution in [0.15, 0.2) is 12.2 Å². The number of amides is 3. The normalized spacial score (nSPS) is 28.4. The van der Waals surface area contributed by atoms with Gasteiger partial charge in [-0.15, -0.1) is 0 Å². The largest absolute Gasteiger partial charge is 0.370 e. The van der Waals surface area contributed by atoms with Crippen molar-refractivity contribution >= 4 is 17.7 Å². The Morgan fingerprint density at radius 2 is 1.75 bits per heavy atom. The van der Waals surface area contributed by atoms with E-state index in [9.17, 15) is 14.4 Å².